The van der Waals surface area contributed by atoms with Gasteiger partial charge in [0.25, 0.3) is 0 Å². The van der Waals surface area contributed by atoms with Gasteiger partial charge in [-0.15, -0.1) is 0 Å². The first kappa shape index (κ1) is 8.03. The van der Waals surface area contributed by atoms with Gasteiger partial charge in [-0.05, 0) is 17.8 Å². The number of hydrogen-bond acceptors (Lipinski definition) is 1. The predicted octanol–water partition coefficient (Wildman–Crippen LogP) is 1.39. The maximum atomic E-state index is 13.3. The lowest BCUT2D eigenvalue weighted by atomic mass is 10.1. The van der Waals surface area contributed by atoms with Crippen LogP contribution < -0.4 is 0 Å². The molecule has 10 heavy (non-hydrogen) atoms. The Morgan fingerprint density at radius 2 is 2.40 bits per heavy atom. The Balaban J connectivity index is 2.60. The van der Waals surface area contributed by atoms with E-state index in [9.17, 15) is 4.39 Å². The van der Waals surface area contributed by atoms with Gasteiger partial charge in [0.2, 0.25) is 0 Å². The SMILES string of the molecule is CN1CCC(F)(C#CBr)C1. The third kappa shape index (κ3) is 1.71. The highest BCUT2D eigenvalue weighted by atomic mass is 79.9. The quantitative estimate of drug-likeness (QED) is 0.541. The number of hydrogen-bond donors (Lipinski definition) is 0. The summed E-state index contributed by atoms with van der Waals surface area (Å²) in [4.78, 5) is 4.37. The van der Waals surface area contributed by atoms with Gasteiger partial charge in [-0.2, -0.15) is 0 Å². The van der Waals surface area contributed by atoms with Crippen molar-refractivity contribution < 1.29 is 4.39 Å². The smallest absolute Gasteiger partial charge is 0.185 e. The van der Waals surface area contributed by atoms with Gasteiger partial charge >= 0.3 is 0 Å². The van der Waals surface area contributed by atoms with Crippen LogP contribution in [0.5, 0.6) is 0 Å². The average Bonchev–Trinajstić information content (AvgIpc) is 2.12. The minimum Gasteiger partial charge on any atom is -0.302 e. The first-order valence-corrected chi connectivity index (χ1v) is 3.96. The Hall–Kier alpha value is -0.0700. The summed E-state index contributed by atoms with van der Waals surface area (Å²) >= 11 is 2.89. The molecule has 1 unspecified atom stereocenters. The molecular weight excluding hydrogens is 197 g/mol. The summed E-state index contributed by atoms with van der Waals surface area (Å²) in [5.74, 6) is 2.51. The van der Waals surface area contributed by atoms with E-state index < -0.39 is 5.67 Å². The summed E-state index contributed by atoms with van der Waals surface area (Å²) < 4.78 is 13.3. The van der Waals surface area contributed by atoms with Crippen molar-refractivity contribution in [2.75, 3.05) is 20.1 Å². The van der Waals surface area contributed by atoms with Crippen molar-refractivity contribution in [3.05, 3.63) is 0 Å². The van der Waals surface area contributed by atoms with Crippen LogP contribution in [0.3, 0.4) is 0 Å². The van der Waals surface area contributed by atoms with Crippen LogP contribution in [-0.2, 0) is 0 Å². The lowest BCUT2D eigenvalue weighted by molar-refractivity contribution is 0.246. The zero-order valence-electron chi connectivity index (χ0n) is 5.82. The van der Waals surface area contributed by atoms with E-state index in [-0.39, 0.29) is 0 Å². The molecule has 0 aliphatic carbocycles. The molecule has 0 N–H and O–H groups in total. The summed E-state index contributed by atoms with van der Waals surface area (Å²) in [5, 5.41) is 0. The molecule has 1 aliphatic rings. The molecule has 1 saturated heterocycles. The van der Waals surface area contributed by atoms with Crippen LogP contribution in [0.2, 0.25) is 0 Å². The summed E-state index contributed by atoms with van der Waals surface area (Å²) in [6.07, 6.45) is 0.530. The molecule has 0 saturated carbocycles. The second kappa shape index (κ2) is 2.89. The molecule has 1 heterocycles. The molecule has 3 heteroatoms. The molecule has 0 radical (unpaired) electrons. The van der Waals surface area contributed by atoms with Crippen LogP contribution in [-0.4, -0.2) is 30.7 Å². The Morgan fingerprint density at radius 1 is 1.70 bits per heavy atom. The zero-order chi connectivity index (χ0) is 7.61. The minimum atomic E-state index is -1.27. The molecule has 0 spiro atoms. The van der Waals surface area contributed by atoms with Crippen molar-refractivity contribution in [2.45, 2.75) is 12.1 Å². The summed E-state index contributed by atoms with van der Waals surface area (Å²) in [5.41, 5.74) is -1.27. The van der Waals surface area contributed by atoms with Crippen molar-refractivity contribution in [3.8, 4) is 10.8 Å². The van der Waals surface area contributed by atoms with Crippen LogP contribution in [0.15, 0.2) is 0 Å². The van der Waals surface area contributed by atoms with Gasteiger partial charge in [-0.1, -0.05) is 0 Å². The van der Waals surface area contributed by atoms with E-state index in [4.69, 9.17) is 0 Å². The molecule has 1 rings (SSSR count). The second-order valence-electron chi connectivity index (χ2n) is 2.67. The molecule has 1 aliphatic heterocycles. The molecule has 0 aromatic rings. The third-order valence-electron chi connectivity index (χ3n) is 1.68. The summed E-state index contributed by atoms with van der Waals surface area (Å²) in [6.45, 7) is 1.24. The maximum Gasteiger partial charge on any atom is 0.185 e. The van der Waals surface area contributed by atoms with Gasteiger partial charge in [-0.25, -0.2) is 4.39 Å². The Kier molecular flexibility index (Phi) is 2.32. The fourth-order valence-corrected chi connectivity index (χ4v) is 1.50. The fraction of sp³-hybridized carbons (Fsp3) is 0.714. The fourth-order valence-electron chi connectivity index (χ4n) is 1.14. The molecule has 0 aromatic carbocycles. The van der Waals surface area contributed by atoms with E-state index in [0.29, 0.717) is 13.0 Å². The van der Waals surface area contributed by atoms with Gasteiger partial charge in [0.15, 0.2) is 5.67 Å². The molecule has 0 aromatic heterocycles. The number of likely N-dealkylation sites (tertiary alicyclic amines) is 1. The first-order chi connectivity index (χ1) is 4.66. The number of rotatable bonds is 0. The average molecular weight is 206 g/mol. The van der Waals surface area contributed by atoms with Crippen LogP contribution in [0.1, 0.15) is 6.42 Å². The van der Waals surface area contributed by atoms with Crippen molar-refractivity contribution in [2.24, 2.45) is 0 Å². The highest BCUT2D eigenvalue weighted by molar-refractivity contribution is 9.12. The van der Waals surface area contributed by atoms with Gasteiger partial charge in [0, 0.05) is 35.4 Å². The van der Waals surface area contributed by atoms with Gasteiger partial charge < -0.3 is 4.90 Å². The van der Waals surface area contributed by atoms with Crippen LogP contribution in [0.4, 0.5) is 4.39 Å². The molecule has 1 atom stereocenters. The van der Waals surface area contributed by atoms with Crippen molar-refractivity contribution >= 4 is 15.9 Å². The molecule has 0 bridgehead atoms. The van der Waals surface area contributed by atoms with Crippen LogP contribution in [0, 0.1) is 10.8 Å². The van der Waals surface area contributed by atoms with Gasteiger partial charge in [-0.3, -0.25) is 0 Å². The number of alkyl halides is 1. The van der Waals surface area contributed by atoms with E-state index in [2.05, 4.69) is 26.7 Å². The predicted molar refractivity (Wildman–Crippen MR) is 42.7 cm³/mol. The van der Waals surface area contributed by atoms with Crippen LogP contribution >= 0.6 is 15.9 Å². The number of nitrogens with zero attached hydrogens (tertiary/aromatic N) is 1. The normalized spacial score (nSPS) is 33.5. The zero-order valence-corrected chi connectivity index (χ0v) is 7.41. The number of halogens is 2. The Labute approximate surface area is 68.7 Å². The van der Waals surface area contributed by atoms with Crippen LogP contribution in [0.25, 0.3) is 0 Å². The monoisotopic (exact) mass is 205 g/mol. The second-order valence-corrected chi connectivity index (χ2v) is 3.07. The molecule has 1 nitrogen and oxygen atoms in total. The molecular formula is C7H9BrFN. The minimum absolute atomic E-state index is 0.436. The van der Waals surface area contributed by atoms with E-state index >= 15 is 0 Å². The first-order valence-electron chi connectivity index (χ1n) is 3.16. The topological polar surface area (TPSA) is 3.24 Å². The molecule has 1 fully saturated rings. The summed E-state index contributed by atoms with van der Waals surface area (Å²) in [6, 6.07) is 0. The highest BCUT2D eigenvalue weighted by Gasteiger charge is 2.34. The van der Waals surface area contributed by atoms with Gasteiger partial charge in [0.05, 0.1) is 0 Å². The maximum absolute atomic E-state index is 13.3. The van der Waals surface area contributed by atoms with Crippen molar-refractivity contribution in [1.82, 2.24) is 4.90 Å². The van der Waals surface area contributed by atoms with Crippen molar-refractivity contribution in [3.63, 3.8) is 0 Å². The third-order valence-corrected chi connectivity index (χ3v) is 1.88. The Morgan fingerprint density at radius 3 is 2.80 bits per heavy atom. The molecule has 0 amide bonds. The Bertz CT molecular complexity index is 184. The lowest BCUT2D eigenvalue weighted by Crippen LogP contribution is -2.24. The lowest BCUT2D eigenvalue weighted by Gasteiger charge is -2.10. The van der Waals surface area contributed by atoms with E-state index in [1.54, 1.807) is 0 Å². The van der Waals surface area contributed by atoms with E-state index in [1.807, 2.05) is 11.9 Å². The standard InChI is InChI=1S/C7H9BrFN/c1-10-5-3-7(9,6-10)2-4-8/h3,5-6H2,1H3. The molecule has 56 valence electrons. The summed E-state index contributed by atoms with van der Waals surface area (Å²) in [7, 11) is 1.90. The van der Waals surface area contributed by atoms with E-state index in [1.165, 1.54) is 0 Å². The van der Waals surface area contributed by atoms with Crippen molar-refractivity contribution in [1.29, 1.82) is 0 Å². The largest absolute Gasteiger partial charge is 0.302 e. The van der Waals surface area contributed by atoms with E-state index in [0.717, 1.165) is 6.54 Å². The van der Waals surface area contributed by atoms with Gasteiger partial charge in [0.1, 0.15) is 0 Å². The highest BCUT2D eigenvalue weighted by Crippen LogP contribution is 2.23.